The molecular weight excluding hydrogens is 246 g/mol. The summed E-state index contributed by atoms with van der Waals surface area (Å²) in [5, 5.41) is 2.75. The maximum absolute atomic E-state index is 12.6. The molecule has 0 radical (unpaired) electrons. The third-order valence-corrected chi connectivity index (χ3v) is 4.39. The van der Waals surface area contributed by atoms with Crippen LogP contribution in [0.2, 0.25) is 0 Å². The number of hydrogen-bond acceptors (Lipinski definition) is 3. The molecule has 3 aliphatic heterocycles. The van der Waals surface area contributed by atoms with Crippen LogP contribution < -0.4 is 5.32 Å². The van der Waals surface area contributed by atoms with Crippen molar-refractivity contribution < 1.29 is 14.4 Å². The molecule has 0 aromatic carbocycles. The summed E-state index contributed by atoms with van der Waals surface area (Å²) in [4.78, 5) is 40.3. The van der Waals surface area contributed by atoms with Gasteiger partial charge in [-0.1, -0.05) is 0 Å². The van der Waals surface area contributed by atoms with Crippen molar-refractivity contribution in [3.8, 4) is 0 Å². The van der Waals surface area contributed by atoms with Crippen LogP contribution in [0.1, 0.15) is 32.6 Å². The van der Waals surface area contributed by atoms with Gasteiger partial charge in [-0.15, -0.1) is 0 Å². The van der Waals surface area contributed by atoms with Crippen molar-refractivity contribution in [3.63, 3.8) is 0 Å². The Kier molecular flexibility index (Phi) is 2.95. The zero-order valence-electron chi connectivity index (χ0n) is 11.1. The highest BCUT2D eigenvalue weighted by Crippen LogP contribution is 2.26. The topological polar surface area (TPSA) is 69.7 Å². The van der Waals surface area contributed by atoms with Crippen molar-refractivity contribution in [1.29, 1.82) is 0 Å². The first-order valence-electron chi connectivity index (χ1n) is 7.01. The molecule has 0 aromatic heterocycles. The largest absolute Gasteiger partial charge is 0.343 e. The first-order valence-corrected chi connectivity index (χ1v) is 7.01. The molecule has 19 heavy (non-hydrogen) atoms. The number of carbonyl (C=O) groups excluding carboxylic acids is 3. The lowest BCUT2D eigenvalue weighted by Gasteiger charge is -2.28. The van der Waals surface area contributed by atoms with Crippen molar-refractivity contribution in [2.45, 2.75) is 50.7 Å². The van der Waals surface area contributed by atoms with Crippen molar-refractivity contribution in [3.05, 3.63) is 0 Å². The van der Waals surface area contributed by atoms with E-state index < -0.39 is 6.04 Å². The molecule has 0 unspecified atom stereocenters. The fourth-order valence-corrected chi connectivity index (χ4v) is 3.40. The van der Waals surface area contributed by atoms with Crippen LogP contribution in [0.3, 0.4) is 0 Å². The minimum atomic E-state index is -0.540. The zero-order valence-corrected chi connectivity index (χ0v) is 11.1. The maximum atomic E-state index is 12.6. The maximum Gasteiger partial charge on any atom is 0.246 e. The first kappa shape index (κ1) is 12.4. The quantitative estimate of drug-likeness (QED) is 0.641. The zero-order chi connectivity index (χ0) is 13.6. The summed E-state index contributed by atoms with van der Waals surface area (Å²) in [5.41, 5.74) is 0. The van der Waals surface area contributed by atoms with Crippen LogP contribution in [0.4, 0.5) is 0 Å². The van der Waals surface area contributed by atoms with Gasteiger partial charge < -0.3 is 15.1 Å². The molecule has 3 fully saturated rings. The normalized spacial score (nSPS) is 35.4. The van der Waals surface area contributed by atoms with Gasteiger partial charge in [0.25, 0.3) is 0 Å². The van der Waals surface area contributed by atoms with Gasteiger partial charge in [0.2, 0.25) is 17.7 Å². The molecule has 0 spiro atoms. The summed E-state index contributed by atoms with van der Waals surface area (Å²) >= 11 is 0. The van der Waals surface area contributed by atoms with Gasteiger partial charge in [-0.05, 0) is 32.6 Å². The van der Waals surface area contributed by atoms with Crippen molar-refractivity contribution in [2.24, 2.45) is 0 Å². The van der Waals surface area contributed by atoms with E-state index in [9.17, 15) is 14.4 Å². The SMILES string of the molecule is C[C@H]1NC(=O)[C@H]2CCCN2C(=O)[C@H]2CCCN2C1=O. The van der Waals surface area contributed by atoms with Crippen molar-refractivity contribution in [2.75, 3.05) is 13.1 Å². The van der Waals surface area contributed by atoms with E-state index in [0.29, 0.717) is 25.9 Å². The predicted molar refractivity (Wildman–Crippen MR) is 67.1 cm³/mol. The van der Waals surface area contributed by atoms with Crippen LogP contribution in [0.5, 0.6) is 0 Å². The van der Waals surface area contributed by atoms with Crippen LogP contribution in [0, 0.1) is 0 Å². The fraction of sp³-hybridized carbons (Fsp3) is 0.769. The lowest BCUT2D eigenvalue weighted by atomic mass is 10.1. The van der Waals surface area contributed by atoms with Crippen LogP contribution in [-0.4, -0.2) is 58.7 Å². The van der Waals surface area contributed by atoms with Crippen LogP contribution >= 0.6 is 0 Å². The monoisotopic (exact) mass is 265 g/mol. The fourth-order valence-electron chi connectivity index (χ4n) is 3.40. The van der Waals surface area contributed by atoms with Gasteiger partial charge in [-0.3, -0.25) is 14.4 Å². The van der Waals surface area contributed by atoms with Crippen molar-refractivity contribution >= 4 is 17.7 Å². The standard InChI is InChI=1S/C13H19N3O3/c1-8-12(18)16-7-3-5-10(16)13(19)15-6-2-4-9(15)11(17)14-8/h8-10H,2-7H2,1H3,(H,14,17)/t8-,9-,10-/m1/s1. The molecule has 3 heterocycles. The summed E-state index contributed by atoms with van der Waals surface area (Å²) < 4.78 is 0. The van der Waals surface area contributed by atoms with Gasteiger partial charge >= 0.3 is 0 Å². The van der Waals surface area contributed by atoms with Gasteiger partial charge in [0.1, 0.15) is 18.1 Å². The summed E-state index contributed by atoms with van der Waals surface area (Å²) in [6, 6.07) is -1.28. The molecule has 0 bridgehead atoms. The number of hydrogen-bond donors (Lipinski definition) is 1. The Bertz CT molecular complexity index is 437. The van der Waals surface area contributed by atoms with E-state index in [1.165, 1.54) is 0 Å². The molecule has 104 valence electrons. The summed E-state index contributed by atoms with van der Waals surface area (Å²) in [7, 11) is 0. The molecule has 1 N–H and O–H groups in total. The molecule has 6 nitrogen and oxygen atoms in total. The number of amides is 3. The smallest absolute Gasteiger partial charge is 0.246 e. The number of rotatable bonds is 0. The third-order valence-electron chi connectivity index (χ3n) is 4.39. The van der Waals surface area contributed by atoms with E-state index in [1.54, 1.807) is 16.7 Å². The van der Waals surface area contributed by atoms with E-state index in [1.807, 2.05) is 0 Å². The molecule has 0 saturated carbocycles. The molecule has 3 rings (SSSR count). The van der Waals surface area contributed by atoms with E-state index >= 15 is 0 Å². The van der Waals surface area contributed by atoms with E-state index in [0.717, 1.165) is 12.8 Å². The number of fused-ring (bicyclic) bond motifs is 2. The minimum absolute atomic E-state index is 0.0439. The highest BCUT2D eigenvalue weighted by atomic mass is 16.2. The summed E-state index contributed by atoms with van der Waals surface area (Å²) in [6.07, 6.45) is 3.14. The average Bonchev–Trinajstić information content (AvgIpc) is 3.04. The molecular formula is C13H19N3O3. The van der Waals surface area contributed by atoms with E-state index in [4.69, 9.17) is 0 Å². The number of carbonyl (C=O) groups is 3. The average molecular weight is 265 g/mol. The summed E-state index contributed by atoms with van der Waals surface area (Å²) in [5.74, 6) is -0.365. The lowest BCUT2D eigenvalue weighted by molar-refractivity contribution is -0.144. The molecule has 3 atom stereocenters. The Balaban J connectivity index is 1.96. The van der Waals surface area contributed by atoms with Crippen LogP contribution in [-0.2, 0) is 14.4 Å². The Labute approximate surface area is 112 Å². The van der Waals surface area contributed by atoms with Crippen LogP contribution in [0.15, 0.2) is 0 Å². The minimum Gasteiger partial charge on any atom is -0.343 e. The highest BCUT2D eigenvalue weighted by molar-refractivity contribution is 5.97. The molecule has 3 amide bonds. The Morgan fingerprint density at radius 3 is 2.21 bits per heavy atom. The highest BCUT2D eigenvalue weighted by Gasteiger charge is 2.44. The molecule has 3 saturated heterocycles. The molecule has 0 aromatic rings. The van der Waals surface area contributed by atoms with E-state index in [-0.39, 0.29) is 29.8 Å². The second-order valence-electron chi connectivity index (χ2n) is 5.61. The van der Waals surface area contributed by atoms with Crippen LogP contribution in [0.25, 0.3) is 0 Å². The second-order valence-corrected chi connectivity index (χ2v) is 5.61. The molecule has 6 heteroatoms. The first-order chi connectivity index (χ1) is 9.09. The molecule has 3 aliphatic rings. The van der Waals surface area contributed by atoms with Gasteiger partial charge in [0, 0.05) is 13.1 Å². The van der Waals surface area contributed by atoms with E-state index in [2.05, 4.69) is 5.32 Å². The van der Waals surface area contributed by atoms with Gasteiger partial charge in [-0.25, -0.2) is 0 Å². The second kappa shape index (κ2) is 4.51. The Hall–Kier alpha value is -1.59. The summed E-state index contributed by atoms with van der Waals surface area (Å²) in [6.45, 7) is 2.95. The number of nitrogens with one attached hydrogen (secondary N) is 1. The number of nitrogens with zero attached hydrogens (tertiary/aromatic N) is 2. The third kappa shape index (κ3) is 1.89. The van der Waals surface area contributed by atoms with Crippen molar-refractivity contribution in [1.82, 2.24) is 15.1 Å². The lowest BCUT2D eigenvalue weighted by Crippen LogP contribution is -2.50. The predicted octanol–water partition coefficient (Wildman–Crippen LogP) is -0.513. The van der Waals surface area contributed by atoms with Gasteiger partial charge in [-0.2, -0.15) is 0 Å². The Morgan fingerprint density at radius 2 is 1.53 bits per heavy atom. The van der Waals surface area contributed by atoms with Gasteiger partial charge in [0.05, 0.1) is 0 Å². The molecule has 0 aliphatic carbocycles. The Morgan fingerprint density at radius 1 is 0.947 bits per heavy atom. The van der Waals surface area contributed by atoms with Gasteiger partial charge in [0.15, 0.2) is 0 Å².